The minimum Gasteiger partial charge on any atom is -0.353 e. The first-order valence-electron chi connectivity index (χ1n) is 7.78. The van der Waals surface area contributed by atoms with Crippen molar-refractivity contribution in [3.63, 3.8) is 0 Å². The van der Waals surface area contributed by atoms with E-state index in [0.29, 0.717) is 19.5 Å². The van der Waals surface area contributed by atoms with E-state index in [1.54, 1.807) is 19.2 Å². The molecule has 4 N–H and O–H groups in total. The summed E-state index contributed by atoms with van der Waals surface area (Å²) in [5.74, 6) is -0.515. The molecular formula is C16H26ClFN4O2. The molecule has 0 aliphatic heterocycles. The van der Waals surface area contributed by atoms with Crippen LogP contribution in [0.4, 0.5) is 9.18 Å². The molecule has 1 aromatic rings. The summed E-state index contributed by atoms with van der Waals surface area (Å²) >= 11 is 0. The fourth-order valence-corrected chi connectivity index (χ4v) is 1.99. The molecule has 8 heteroatoms. The molecule has 1 unspecified atom stereocenters. The molecule has 0 saturated carbocycles. The molecule has 136 valence electrons. The zero-order valence-electron chi connectivity index (χ0n) is 14.0. The largest absolute Gasteiger partial charge is 0.353 e. The smallest absolute Gasteiger partial charge is 0.315 e. The van der Waals surface area contributed by atoms with Crippen molar-refractivity contribution in [1.82, 2.24) is 21.3 Å². The van der Waals surface area contributed by atoms with E-state index in [2.05, 4.69) is 21.3 Å². The predicted molar refractivity (Wildman–Crippen MR) is 94.7 cm³/mol. The highest BCUT2D eigenvalue weighted by molar-refractivity contribution is 5.87. The van der Waals surface area contributed by atoms with Crippen molar-refractivity contribution in [1.29, 1.82) is 0 Å². The first-order chi connectivity index (χ1) is 11.1. The Morgan fingerprint density at radius 1 is 1.12 bits per heavy atom. The van der Waals surface area contributed by atoms with Crippen LogP contribution in [0.5, 0.6) is 0 Å². The molecule has 6 nitrogen and oxygen atoms in total. The standard InChI is InChI=1S/C16H25FN4O2.ClH/c1-3-4-14(15(22)19-10-9-18-2)21-16(23)20-11-12-5-7-13(17)8-6-12;/h5-8,14,18H,3-4,9-11H2,1-2H3,(H,19,22)(H2,20,21,23);1H. The average Bonchev–Trinajstić information content (AvgIpc) is 2.54. The summed E-state index contributed by atoms with van der Waals surface area (Å²) in [5, 5.41) is 11.0. The summed E-state index contributed by atoms with van der Waals surface area (Å²) in [7, 11) is 1.80. The minimum atomic E-state index is -0.565. The Kier molecular flexibility index (Phi) is 11.6. The van der Waals surface area contributed by atoms with E-state index in [0.717, 1.165) is 12.0 Å². The summed E-state index contributed by atoms with van der Waals surface area (Å²) in [6.07, 6.45) is 1.34. The number of amides is 3. The highest BCUT2D eigenvalue weighted by atomic mass is 35.5. The Labute approximate surface area is 148 Å². The molecule has 0 spiro atoms. The minimum absolute atomic E-state index is 0. The normalized spacial score (nSPS) is 11.1. The second kappa shape index (κ2) is 12.5. The Morgan fingerprint density at radius 2 is 1.79 bits per heavy atom. The van der Waals surface area contributed by atoms with Gasteiger partial charge in [-0.1, -0.05) is 25.5 Å². The molecule has 3 amide bonds. The second-order valence-electron chi connectivity index (χ2n) is 5.19. The lowest BCUT2D eigenvalue weighted by Crippen LogP contribution is -2.50. The first kappa shape index (κ1) is 22.1. The van der Waals surface area contributed by atoms with Crippen LogP contribution in [0.3, 0.4) is 0 Å². The number of rotatable bonds is 9. The molecule has 1 aromatic carbocycles. The Morgan fingerprint density at radius 3 is 2.38 bits per heavy atom. The van der Waals surface area contributed by atoms with Crippen LogP contribution in [0.15, 0.2) is 24.3 Å². The van der Waals surface area contributed by atoms with E-state index in [1.165, 1.54) is 12.1 Å². The molecular weight excluding hydrogens is 335 g/mol. The molecule has 0 aromatic heterocycles. The van der Waals surface area contributed by atoms with E-state index in [4.69, 9.17) is 0 Å². The van der Waals surface area contributed by atoms with E-state index in [1.807, 2.05) is 6.92 Å². The number of carbonyl (C=O) groups excluding carboxylic acids is 2. The van der Waals surface area contributed by atoms with E-state index in [-0.39, 0.29) is 30.7 Å². The number of hydrogen-bond acceptors (Lipinski definition) is 3. The van der Waals surface area contributed by atoms with Gasteiger partial charge in [0.05, 0.1) is 0 Å². The number of hydrogen-bond donors (Lipinski definition) is 4. The summed E-state index contributed by atoms with van der Waals surface area (Å²) in [5.41, 5.74) is 0.784. The number of likely N-dealkylation sites (N-methyl/N-ethyl adjacent to an activating group) is 1. The molecule has 1 rings (SSSR count). The van der Waals surface area contributed by atoms with Crippen molar-refractivity contribution in [2.75, 3.05) is 20.1 Å². The van der Waals surface area contributed by atoms with Gasteiger partial charge in [0, 0.05) is 19.6 Å². The van der Waals surface area contributed by atoms with Gasteiger partial charge >= 0.3 is 6.03 Å². The van der Waals surface area contributed by atoms with Crippen LogP contribution in [-0.4, -0.2) is 38.1 Å². The Hall–Kier alpha value is -1.86. The third kappa shape index (κ3) is 8.69. The van der Waals surface area contributed by atoms with Gasteiger partial charge in [0.25, 0.3) is 0 Å². The highest BCUT2D eigenvalue weighted by Gasteiger charge is 2.19. The molecule has 0 aliphatic rings. The van der Waals surface area contributed by atoms with Gasteiger partial charge in [-0.2, -0.15) is 0 Å². The lowest BCUT2D eigenvalue weighted by atomic mass is 10.1. The number of urea groups is 1. The van der Waals surface area contributed by atoms with E-state index < -0.39 is 12.1 Å². The van der Waals surface area contributed by atoms with Crippen molar-refractivity contribution in [3.8, 4) is 0 Å². The van der Waals surface area contributed by atoms with Gasteiger partial charge in [0.2, 0.25) is 5.91 Å². The SMILES string of the molecule is CCCC(NC(=O)NCc1ccc(F)cc1)C(=O)NCCNC.Cl. The van der Waals surface area contributed by atoms with Crippen molar-refractivity contribution in [2.24, 2.45) is 0 Å². The second-order valence-corrected chi connectivity index (χ2v) is 5.19. The molecule has 0 saturated heterocycles. The van der Waals surface area contributed by atoms with Gasteiger partial charge < -0.3 is 21.3 Å². The zero-order chi connectivity index (χ0) is 17.1. The van der Waals surface area contributed by atoms with Crippen molar-refractivity contribution < 1.29 is 14.0 Å². The monoisotopic (exact) mass is 360 g/mol. The third-order valence-corrected chi connectivity index (χ3v) is 3.24. The van der Waals surface area contributed by atoms with Crippen LogP contribution >= 0.6 is 12.4 Å². The lowest BCUT2D eigenvalue weighted by Gasteiger charge is -2.18. The number of halogens is 2. The maximum atomic E-state index is 12.8. The van der Waals surface area contributed by atoms with E-state index in [9.17, 15) is 14.0 Å². The Bertz CT molecular complexity index is 499. The van der Waals surface area contributed by atoms with Gasteiger partial charge in [-0.05, 0) is 31.2 Å². The van der Waals surface area contributed by atoms with Gasteiger partial charge in [-0.25, -0.2) is 9.18 Å². The summed E-state index contributed by atoms with van der Waals surface area (Å²) in [6, 6.07) is 4.89. The quantitative estimate of drug-likeness (QED) is 0.504. The van der Waals surface area contributed by atoms with Crippen LogP contribution in [0.2, 0.25) is 0 Å². The summed E-state index contributed by atoms with van der Waals surface area (Å²) in [6.45, 7) is 3.40. The summed E-state index contributed by atoms with van der Waals surface area (Å²) < 4.78 is 12.8. The predicted octanol–water partition coefficient (Wildman–Crippen LogP) is 1.55. The van der Waals surface area contributed by atoms with Gasteiger partial charge in [-0.15, -0.1) is 12.4 Å². The lowest BCUT2D eigenvalue weighted by molar-refractivity contribution is -0.123. The third-order valence-electron chi connectivity index (χ3n) is 3.24. The maximum absolute atomic E-state index is 12.8. The van der Waals surface area contributed by atoms with Crippen molar-refractivity contribution in [3.05, 3.63) is 35.6 Å². The van der Waals surface area contributed by atoms with Crippen LogP contribution in [0.1, 0.15) is 25.3 Å². The van der Waals surface area contributed by atoms with Gasteiger partial charge in [-0.3, -0.25) is 4.79 Å². The zero-order valence-corrected chi connectivity index (χ0v) is 14.8. The average molecular weight is 361 g/mol. The first-order valence-corrected chi connectivity index (χ1v) is 7.78. The van der Waals surface area contributed by atoms with Crippen LogP contribution in [-0.2, 0) is 11.3 Å². The highest BCUT2D eigenvalue weighted by Crippen LogP contribution is 2.02. The van der Waals surface area contributed by atoms with Gasteiger partial charge in [0.15, 0.2) is 0 Å². The molecule has 24 heavy (non-hydrogen) atoms. The molecule has 0 heterocycles. The van der Waals surface area contributed by atoms with Crippen LogP contribution < -0.4 is 21.3 Å². The van der Waals surface area contributed by atoms with Gasteiger partial charge in [0.1, 0.15) is 11.9 Å². The number of nitrogens with one attached hydrogen (secondary N) is 4. The molecule has 0 bridgehead atoms. The maximum Gasteiger partial charge on any atom is 0.315 e. The molecule has 1 atom stereocenters. The molecule has 0 fully saturated rings. The number of benzene rings is 1. The fraction of sp³-hybridized carbons (Fsp3) is 0.500. The summed E-state index contributed by atoms with van der Waals surface area (Å²) in [4.78, 5) is 23.9. The fourth-order valence-electron chi connectivity index (χ4n) is 1.99. The van der Waals surface area contributed by atoms with Crippen molar-refractivity contribution in [2.45, 2.75) is 32.4 Å². The molecule has 0 radical (unpaired) electrons. The Balaban J connectivity index is 0.00000529. The van der Waals surface area contributed by atoms with E-state index >= 15 is 0 Å². The van der Waals surface area contributed by atoms with Crippen LogP contribution in [0, 0.1) is 5.82 Å². The number of carbonyl (C=O) groups is 2. The van der Waals surface area contributed by atoms with Crippen molar-refractivity contribution >= 4 is 24.3 Å². The van der Waals surface area contributed by atoms with Crippen LogP contribution in [0.25, 0.3) is 0 Å². The molecule has 0 aliphatic carbocycles. The topological polar surface area (TPSA) is 82.3 Å².